The van der Waals surface area contributed by atoms with Gasteiger partial charge in [0.05, 0.1) is 0 Å². The standard InChI is InChI=1S/C14H21BrN2/c1-2-9-17(13-7-8-13)14(10-16)11-3-5-12(15)6-4-11/h3-6,13-14H,2,7-10,16H2,1H3. The largest absolute Gasteiger partial charge is 0.329 e. The summed E-state index contributed by atoms with van der Waals surface area (Å²) in [5.41, 5.74) is 7.33. The normalized spacial score (nSPS) is 17.4. The van der Waals surface area contributed by atoms with Gasteiger partial charge in [-0.1, -0.05) is 35.0 Å². The minimum absolute atomic E-state index is 0.385. The summed E-state index contributed by atoms with van der Waals surface area (Å²) in [4.78, 5) is 2.59. The molecule has 1 unspecified atom stereocenters. The fourth-order valence-corrected chi connectivity index (χ4v) is 2.67. The average molecular weight is 297 g/mol. The Hall–Kier alpha value is -0.380. The van der Waals surface area contributed by atoms with Crippen molar-refractivity contribution in [2.75, 3.05) is 13.1 Å². The third-order valence-corrected chi connectivity index (χ3v) is 3.90. The van der Waals surface area contributed by atoms with E-state index < -0.39 is 0 Å². The van der Waals surface area contributed by atoms with Crippen LogP contribution in [-0.4, -0.2) is 24.0 Å². The van der Waals surface area contributed by atoms with Crippen LogP contribution in [0.2, 0.25) is 0 Å². The molecule has 1 fully saturated rings. The Morgan fingerprint density at radius 3 is 2.47 bits per heavy atom. The molecule has 0 aliphatic heterocycles. The molecule has 0 saturated heterocycles. The van der Waals surface area contributed by atoms with Gasteiger partial charge < -0.3 is 5.73 Å². The molecule has 0 spiro atoms. The maximum atomic E-state index is 5.99. The van der Waals surface area contributed by atoms with Crippen LogP contribution >= 0.6 is 15.9 Å². The zero-order valence-electron chi connectivity index (χ0n) is 10.4. The van der Waals surface area contributed by atoms with Crippen molar-refractivity contribution in [2.24, 2.45) is 5.73 Å². The first-order valence-corrected chi connectivity index (χ1v) is 7.26. The third-order valence-electron chi connectivity index (χ3n) is 3.38. The van der Waals surface area contributed by atoms with Gasteiger partial charge in [0.2, 0.25) is 0 Å². The van der Waals surface area contributed by atoms with E-state index in [1.54, 1.807) is 0 Å². The van der Waals surface area contributed by atoms with E-state index in [0.717, 1.165) is 17.1 Å². The molecule has 1 aliphatic carbocycles. The lowest BCUT2D eigenvalue weighted by molar-refractivity contribution is 0.191. The van der Waals surface area contributed by atoms with Gasteiger partial charge >= 0.3 is 0 Å². The van der Waals surface area contributed by atoms with E-state index in [-0.39, 0.29) is 0 Å². The zero-order chi connectivity index (χ0) is 12.3. The Balaban J connectivity index is 2.15. The van der Waals surface area contributed by atoms with Crippen molar-refractivity contribution in [3.05, 3.63) is 34.3 Å². The number of rotatable bonds is 6. The lowest BCUT2D eigenvalue weighted by Crippen LogP contribution is -2.36. The highest BCUT2D eigenvalue weighted by Crippen LogP contribution is 2.34. The van der Waals surface area contributed by atoms with Crippen LogP contribution in [0.3, 0.4) is 0 Å². The number of nitrogens with two attached hydrogens (primary N) is 1. The van der Waals surface area contributed by atoms with Crippen molar-refractivity contribution in [1.29, 1.82) is 0 Å². The Kier molecular flexibility index (Phi) is 4.60. The van der Waals surface area contributed by atoms with Gasteiger partial charge in [0.25, 0.3) is 0 Å². The first kappa shape index (κ1) is 13.1. The first-order chi connectivity index (χ1) is 8.26. The van der Waals surface area contributed by atoms with E-state index in [1.807, 2.05) is 0 Å². The van der Waals surface area contributed by atoms with Gasteiger partial charge in [-0.25, -0.2) is 0 Å². The van der Waals surface area contributed by atoms with Crippen LogP contribution in [-0.2, 0) is 0 Å². The summed E-state index contributed by atoms with van der Waals surface area (Å²) in [7, 11) is 0. The highest BCUT2D eigenvalue weighted by molar-refractivity contribution is 9.10. The molecular formula is C14H21BrN2. The van der Waals surface area contributed by atoms with Crippen LogP contribution < -0.4 is 5.73 Å². The van der Waals surface area contributed by atoms with Crippen LogP contribution in [0.5, 0.6) is 0 Å². The summed E-state index contributed by atoms with van der Waals surface area (Å²) < 4.78 is 1.13. The van der Waals surface area contributed by atoms with Crippen LogP contribution in [0.4, 0.5) is 0 Å². The Morgan fingerprint density at radius 2 is 2.00 bits per heavy atom. The van der Waals surface area contributed by atoms with Gasteiger partial charge in [0.15, 0.2) is 0 Å². The van der Waals surface area contributed by atoms with E-state index in [1.165, 1.54) is 24.8 Å². The molecule has 1 aromatic rings. The number of hydrogen-bond acceptors (Lipinski definition) is 2. The van der Waals surface area contributed by atoms with E-state index in [4.69, 9.17) is 5.73 Å². The van der Waals surface area contributed by atoms with Crippen LogP contribution in [0.1, 0.15) is 37.8 Å². The highest BCUT2D eigenvalue weighted by Gasteiger charge is 2.33. The predicted octanol–water partition coefficient (Wildman–Crippen LogP) is 3.32. The van der Waals surface area contributed by atoms with Crippen molar-refractivity contribution < 1.29 is 0 Å². The number of benzene rings is 1. The van der Waals surface area contributed by atoms with Gasteiger partial charge in [-0.3, -0.25) is 4.90 Å². The van der Waals surface area contributed by atoms with E-state index in [0.29, 0.717) is 12.6 Å². The number of halogens is 1. The predicted molar refractivity (Wildman–Crippen MR) is 76.0 cm³/mol. The molecule has 3 heteroatoms. The van der Waals surface area contributed by atoms with Gasteiger partial charge in [-0.2, -0.15) is 0 Å². The van der Waals surface area contributed by atoms with Gasteiger partial charge in [-0.15, -0.1) is 0 Å². The molecule has 1 saturated carbocycles. The van der Waals surface area contributed by atoms with Crippen LogP contribution in [0, 0.1) is 0 Å². The second-order valence-corrected chi connectivity index (χ2v) is 5.69. The molecule has 0 heterocycles. The van der Waals surface area contributed by atoms with E-state index in [2.05, 4.69) is 52.0 Å². The second-order valence-electron chi connectivity index (χ2n) is 4.77. The molecular weight excluding hydrogens is 276 g/mol. The summed E-state index contributed by atoms with van der Waals surface area (Å²) in [6.45, 7) is 4.10. The van der Waals surface area contributed by atoms with Gasteiger partial charge in [0, 0.05) is 23.1 Å². The summed E-state index contributed by atoms with van der Waals surface area (Å²) >= 11 is 3.48. The molecule has 2 N–H and O–H groups in total. The van der Waals surface area contributed by atoms with Crippen molar-refractivity contribution >= 4 is 15.9 Å². The number of hydrogen-bond donors (Lipinski definition) is 1. The molecule has 0 aromatic heterocycles. The maximum absolute atomic E-state index is 5.99. The monoisotopic (exact) mass is 296 g/mol. The van der Waals surface area contributed by atoms with Crippen molar-refractivity contribution in [3.63, 3.8) is 0 Å². The average Bonchev–Trinajstić information content (AvgIpc) is 3.15. The first-order valence-electron chi connectivity index (χ1n) is 6.47. The highest BCUT2D eigenvalue weighted by atomic mass is 79.9. The second kappa shape index (κ2) is 5.98. The summed E-state index contributed by atoms with van der Waals surface area (Å²) in [5.74, 6) is 0. The van der Waals surface area contributed by atoms with Crippen LogP contribution in [0.25, 0.3) is 0 Å². The number of nitrogens with zero attached hydrogens (tertiary/aromatic N) is 1. The van der Waals surface area contributed by atoms with Crippen molar-refractivity contribution in [1.82, 2.24) is 4.90 Å². The minimum Gasteiger partial charge on any atom is -0.329 e. The Labute approximate surface area is 112 Å². The van der Waals surface area contributed by atoms with Crippen LogP contribution in [0.15, 0.2) is 28.7 Å². The Morgan fingerprint density at radius 1 is 1.35 bits per heavy atom. The zero-order valence-corrected chi connectivity index (χ0v) is 12.0. The minimum atomic E-state index is 0.385. The molecule has 2 nitrogen and oxygen atoms in total. The van der Waals surface area contributed by atoms with Gasteiger partial charge in [-0.05, 0) is 43.5 Å². The van der Waals surface area contributed by atoms with Gasteiger partial charge in [0.1, 0.15) is 0 Å². The fraction of sp³-hybridized carbons (Fsp3) is 0.571. The third kappa shape index (κ3) is 3.30. The summed E-state index contributed by atoms with van der Waals surface area (Å²) in [5, 5.41) is 0. The quantitative estimate of drug-likeness (QED) is 0.872. The van der Waals surface area contributed by atoms with Crippen molar-refractivity contribution in [3.8, 4) is 0 Å². The molecule has 94 valence electrons. The molecule has 17 heavy (non-hydrogen) atoms. The molecule has 0 bridgehead atoms. The van der Waals surface area contributed by atoms with E-state index >= 15 is 0 Å². The molecule has 0 radical (unpaired) electrons. The molecule has 1 aromatic carbocycles. The van der Waals surface area contributed by atoms with Crippen molar-refractivity contribution in [2.45, 2.75) is 38.3 Å². The lowest BCUT2D eigenvalue weighted by atomic mass is 10.0. The maximum Gasteiger partial charge on any atom is 0.0473 e. The fourth-order valence-electron chi connectivity index (χ4n) is 2.41. The topological polar surface area (TPSA) is 29.3 Å². The lowest BCUT2D eigenvalue weighted by Gasteiger charge is -2.31. The molecule has 1 aliphatic rings. The smallest absolute Gasteiger partial charge is 0.0473 e. The van der Waals surface area contributed by atoms with E-state index in [9.17, 15) is 0 Å². The molecule has 1 atom stereocenters. The summed E-state index contributed by atoms with van der Waals surface area (Å²) in [6.07, 6.45) is 3.88. The molecule has 2 rings (SSSR count). The Bertz CT molecular complexity index is 346. The molecule has 0 amide bonds. The SMILES string of the molecule is CCCN(C1CC1)C(CN)c1ccc(Br)cc1. The summed E-state index contributed by atoms with van der Waals surface area (Å²) in [6, 6.07) is 9.74.